The van der Waals surface area contributed by atoms with Crippen molar-refractivity contribution in [2.24, 2.45) is 0 Å². The van der Waals surface area contributed by atoms with Gasteiger partial charge in [-0.15, -0.1) is 0 Å². The maximum Gasteiger partial charge on any atom is 0.0795 e. The van der Waals surface area contributed by atoms with Gasteiger partial charge in [0.05, 0.1) is 11.7 Å². The van der Waals surface area contributed by atoms with Crippen LogP contribution in [0.2, 0.25) is 0 Å². The van der Waals surface area contributed by atoms with Crippen LogP contribution in [0.15, 0.2) is 0 Å². The smallest absolute Gasteiger partial charge is 0.0795 e. The highest BCUT2D eigenvalue weighted by Gasteiger charge is 2.40. The summed E-state index contributed by atoms with van der Waals surface area (Å²) in [5.74, 6) is 2.40. The zero-order valence-corrected chi connectivity index (χ0v) is 11.6. The minimum atomic E-state index is -0.184. The molecule has 2 fully saturated rings. The fraction of sp³-hybridized carbons (Fsp3) is 1.00. The molecule has 1 spiro atoms. The topological polar surface area (TPSA) is 41.5 Å². The van der Waals surface area contributed by atoms with E-state index in [-0.39, 0.29) is 11.7 Å². The van der Waals surface area contributed by atoms with Crippen molar-refractivity contribution < 1.29 is 9.84 Å². The van der Waals surface area contributed by atoms with Crippen molar-refractivity contribution in [1.29, 1.82) is 0 Å². The van der Waals surface area contributed by atoms with Crippen molar-refractivity contribution >= 4 is 11.8 Å². The van der Waals surface area contributed by atoms with E-state index >= 15 is 0 Å². The van der Waals surface area contributed by atoms with E-state index in [0.29, 0.717) is 6.04 Å². The van der Waals surface area contributed by atoms with Crippen LogP contribution in [0.5, 0.6) is 0 Å². The summed E-state index contributed by atoms with van der Waals surface area (Å²) in [6, 6.07) is 0.536. The Balaban J connectivity index is 1.74. The molecule has 0 amide bonds. The van der Waals surface area contributed by atoms with Gasteiger partial charge in [0.1, 0.15) is 0 Å². The molecule has 2 heterocycles. The first-order chi connectivity index (χ1) is 8.24. The van der Waals surface area contributed by atoms with E-state index in [1.165, 1.54) is 12.2 Å². The van der Waals surface area contributed by atoms with Crippen LogP contribution in [0.3, 0.4) is 0 Å². The van der Waals surface area contributed by atoms with E-state index in [1.807, 2.05) is 11.8 Å². The molecule has 17 heavy (non-hydrogen) atoms. The molecule has 3 atom stereocenters. The van der Waals surface area contributed by atoms with Crippen molar-refractivity contribution in [2.45, 2.75) is 56.8 Å². The van der Waals surface area contributed by atoms with E-state index in [9.17, 15) is 5.11 Å². The molecule has 0 bridgehead atoms. The van der Waals surface area contributed by atoms with Crippen molar-refractivity contribution in [2.75, 3.05) is 24.7 Å². The summed E-state index contributed by atoms with van der Waals surface area (Å²) in [7, 11) is 0. The first-order valence-electron chi connectivity index (χ1n) is 6.87. The zero-order valence-electron chi connectivity index (χ0n) is 10.8. The third kappa shape index (κ3) is 3.85. The molecule has 0 aliphatic carbocycles. The fourth-order valence-electron chi connectivity index (χ4n) is 2.80. The normalized spacial score (nSPS) is 35.3. The first-order valence-corrected chi connectivity index (χ1v) is 8.03. The number of aliphatic hydroxyl groups is 1. The molecule has 2 aliphatic heterocycles. The third-order valence-electron chi connectivity index (χ3n) is 3.82. The molecule has 2 rings (SSSR count). The van der Waals surface area contributed by atoms with Crippen LogP contribution >= 0.6 is 11.8 Å². The molecular formula is C13H25NO2S. The molecule has 0 radical (unpaired) electrons. The maximum absolute atomic E-state index is 9.74. The number of rotatable bonds is 5. The Bertz CT molecular complexity index is 231. The van der Waals surface area contributed by atoms with Crippen LogP contribution in [0.1, 0.15) is 39.0 Å². The zero-order chi connectivity index (χ0) is 12.1. The summed E-state index contributed by atoms with van der Waals surface area (Å²) in [5, 5.41) is 13.3. The Kier molecular flexibility index (Phi) is 5.15. The van der Waals surface area contributed by atoms with E-state index in [4.69, 9.17) is 4.74 Å². The second kappa shape index (κ2) is 6.41. The van der Waals surface area contributed by atoms with E-state index in [2.05, 4.69) is 12.2 Å². The molecule has 2 saturated heterocycles. The number of hydrogen-bond donors (Lipinski definition) is 2. The van der Waals surface area contributed by atoms with E-state index in [0.717, 1.165) is 44.6 Å². The largest absolute Gasteiger partial charge is 0.392 e. The van der Waals surface area contributed by atoms with E-state index in [1.54, 1.807) is 0 Å². The summed E-state index contributed by atoms with van der Waals surface area (Å²) in [6.45, 7) is 3.73. The molecule has 3 unspecified atom stereocenters. The number of aliphatic hydroxyl groups excluding tert-OH is 1. The summed E-state index contributed by atoms with van der Waals surface area (Å²) in [4.78, 5) is 0. The Morgan fingerprint density at radius 2 is 2.47 bits per heavy atom. The first kappa shape index (κ1) is 13.7. The minimum absolute atomic E-state index is 0.149. The van der Waals surface area contributed by atoms with Crippen LogP contribution in [0.4, 0.5) is 0 Å². The van der Waals surface area contributed by atoms with E-state index < -0.39 is 0 Å². The number of ether oxygens (including phenoxy) is 1. The summed E-state index contributed by atoms with van der Waals surface area (Å²) in [5.41, 5.74) is 0.149. The summed E-state index contributed by atoms with van der Waals surface area (Å²) in [6.07, 6.45) is 5.18. The highest BCUT2D eigenvalue weighted by Crippen LogP contribution is 2.38. The molecular weight excluding hydrogens is 234 g/mol. The maximum atomic E-state index is 9.74. The molecule has 2 aliphatic rings. The number of hydrogen-bond acceptors (Lipinski definition) is 4. The lowest BCUT2D eigenvalue weighted by Crippen LogP contribution is -2.48. The quantitative estimate of drug-likeness (QED) is 0.790. The molecule has 0 aromatic carbocycles. The molecule has 0 aromatic heterocycles. The van der Waals surface area contributed by atoms with Gasteiger partial charge in [-0.1, -0.05) is 13.3 Å². The predicted octanol–water partition coefficient (Wildman–Crippen LogP) is 1.79. The van der Waals surface area contributed by atoms with Crippen LogP contribution in [-0.2, 0) is 4.74 Å². The van der Waals surface area contributed by atoms with Crippen LogP contribution in [0, 0.1) is 0 Å². The van der Waals surface area contributed by atoms with Crippen molar-refractivity contribution in [1.82, 2.24) is 5.32 Å². The second-order valence-electron chi connectivity index (χ2n) is 5.37. The highest BCUT2D eigenvalue weighted by atomic mass is 32.2. The van der Waals surface area contributed by atoms with Gasteiger partial charge in [0.25, 0.3) is 0 Å². The van der Waals surface area contributed by atoms with Crippen LogP contribution < -0.4 is 5.32 Å². The van der Waals surface area contributed by atoms with Gasteiger partial charge in [0.15, 0.2) is 0 Å². The average Bonchev–Trinajstić information content (AvgIpc) is 2.75. The number of thioether (sulfide) groups is 1. The van der Waals surface area contributed by atoms with Gasteiger partial charge < -0.3 is 15.2 Å². The van der Waals surface area contributed by atoms with Gasteiger partial charge in [-0.2, -0.15) is 11.8 Å². The van der Waals surface area contributed by atoms with Crippen molar-refractivity contribution in [3.63, 3.8) is 0 Å². The highest BCUT2D eigenvalue weighted by molar-refractivity contribution is 7.99. The second-order valence-corrected chi connectivity index (χ2v) is 6.48. The Morgan fingerprint density at radius 1 is 1.59 bits per heavy atom. The lowest BCUT2D eigenvalue weighted by atomic mass is 9.90. The average molecular weight is 259 g/mol. The molecule has 3 nitrogen and oxygen atoms in total. The van der Waals surface area contributed by atoms with Gasteiger partial charge in [0, 0.05) is 24.9 Å². The summed E-state index contributed by atoms with van der Waals surface area (Å²) < 4.78 is 5.99. The molecule has 100 valence electrons. The predicted molar refractivity (Wildman–Crippen MR) is 72.6 cm³/mol. The third-order valence-corrected chi connectivity index (χ3v) is 5.05. The molecule has 2 N–H and O–H groups in total. The fourth-order valence-corrected chi connectivity index (χ4v) is 4.18. The lowest BCUT2D eigenvalue weighted by molar-refractivity contribution is -0.0710. The standard InChI is InChI=1S/C13H25NO2S/c1-2-3-12(15)9-14-11-4-6-16-13(8-11)5-7-17-10-13/h11-12,14-15H,2-10H2,1H3. The Hall–Kier alpha value is 0.230. The van der Waals surface area contributed by atoms with Crippen LogP contribution in [0.25, 0.3) is 0 Å². The Labute approximate surface area is 109 Å². The molecule has 4 heteroatoms. The Morgan fingerprint density at radius 3 is 3.18 bits per heavy atom. The van der Waals surface area contributed by atoms with Crippen molar-refractivity contribution in [3.8, 4) is 0 Å². The minimum Gasteiger partial charge on any atom is -0.392 e. The monoisotopic (exact) mass is 259 g/mol. The molecule has 0 aromatic rings. The van der Waals surface area contributed by atoms with Gasteiger partial charge >= 0.3 is 0 Å². The lowest BCUT2D eigenvalue weighted by Gasteiger charge is -2.38. The van der Waals surface area contributed by atoms with Gasteiger partial charge in [-0.25, -0.2) is 0 Å². The van der Waals surface area contributed by atoms with Gasteiger partial charge in [-0.05, 0) is 31.4 Å². The summed E-state index contributed by atoms with van der Waals surface area (Å²) >= 11 is 2.01. The SMILES string of the molecule is CCCC(O)CNC1CCOC2(CCSC2)C1. The van der Waals surface area contributed by atoms with Crippen LogP contribution in [-0.4, -0.2) is 47.5 Å². The van der Waals surface area contributed by atoms with Gasteiger partial charge in [-0.3, -0.25) is 0 Å². The van der Waals surface area contributed by atoms with Gasteiger partial charge in [0.2, 0.25) is 0 Å². The molecule has 0 saturated carbocycles. The van der Waals surface area contributed by atoms with Crippen molar-refractivity contribution in [3.05, 3.63) is 0 Å². The number of nitrogens with one attached hydrogen (secondary N) is 1.